The monoisotopic (exact) mass is 323 g/mol. The van der Waals surface area contributed by atoms with Crippen molar-refractivity contribution in [3.8, 4) is 0 Å². The Hall–Kier alpha value is -0.830. The number of halogens is 1. The van der Waals surface area contributed by atoms with Gasteiger partial charge in [0.05, 0.1) is 0 Å². The van der Waals surface area contributed by atoms with Crippen molar-refractivity contribution in [2.45, 2.75) is 51.5 Å². The van der Waals surface area contributed by atoms with E-state index in [4.69, 9.17) is 0 Å². The van der Waals surface area contributed by atoms with Gasteiger partial charge in [-0.15, -0.1) is 0 Å². The molecule has 1 aromatic rings. The standard InChI is InChI=1S/C16H22BrNO/c17-15-10-6-5-9-14(15)12-18-16(19)11-13-7-3-1-2-4-8-13/h5-6,9-10,13H,1-4,7-8,11-12H2,(H,18,19). The van der Waals surface area contributed by atoms with E-state index in [2.05, 4.69) is 21.2 Å². The summed E-state index contributed by atoms with van der Waals surface area (Å²) in [7, 11) is 0. The summed E-state index contributed by atoms with van der Waals surface area (Å²) in [5.74, 6) is 0.796. The van der Waals surface area contributed by atoms with Gasteiger partial charge in [-0.3, -0.25) is 4.79 Å². The summed E-state index contributed by atoms with van der Waals surface area (Å²) in [6.07, 6.45) is 8.42. The van der Waals surface area contributed by atoms with Gasteiger partial charge in [0.25, 0.3) is 0 Å². The normalized spacial score (nSPS) is 16.9. The summed E-state index contributed by atoms with van der Waals surface area (Å²) in [4.78, 5) is 12.0. The summed E-state index contributed by atoms with van der Waals surface area (Å²) in [6, 6.07) is 8.03. The van der Waals surface area contributed by atoms with Crippen LogP contribution < -0.4 is 5.32 Å². The smallest absolute Gasteiger partial charge is 0.220 e. The number of carbonyl (C=O) groups is 1. The van der Waals surface area contributed by atoms with Gasteiger partial charge in [-0.05, 0) is 30.4 Å². The van der Waals surface area contributed by atoms with Gasteiger partial charge in [-0.1, -0.05) is 59.8 Å². The first-order valence-corrected chi connectivity index (χ1v) is 8.05. The van der Waals surface area contributed by atoms with Crippen LogP contribution in [0.4, 0.5) is 0 Å². The maximum Gasteiger partial charge on any atom is 0.220 e. The van der Waals surface area contributed by atoms with Gasteiger partial charge in [-0.2, -0.15) is 0 Å². The van der Waals surface area contributed by atoms with Crippen LogP contribution in [0.15, 0.2) is 28.7 Å². The van der Waals surface area contributed by atoms with Gasteiger partial charge in [-0.25, -0.2) is 0 Å². The summed E-state index contributed by atoms with van der Waals surface area (Å²) in [6.45, 7) is 0.618. The number of nitrogens with one attached hydrogen (secondary N) is 1. The molecule has 0 radical (unpaired) electrons. The average Bonchev–Trinajstić information content (AvgIpc) is 2.66. The maximum absolute atomic E-state index is 12.0. The van der Waals surface area contributed by atoms with Crippen molar-refractivity contribution in [3.63, 3.8) is 0 Å². The highest BCUT2D eigenvalue weighted by Gasteiger charge is 2.15. The van der Waals surface area contributed by atoms with Crippen LogP contribution in [0.3, 0.4) is 0 Å². The van der Waals surface area contributed by atoms with E-state index in [1.54, 1.807) is 0 Å². The molecular weight excluding hydrogens is 302 g/mol. The van der Waals surface area contributed by atoms with Gasteiger partial charge in [0, 0.05) is 17.4 Å². The van der Waals surface area contributed by atoms with Crippen LogP contribution in [0, 0.1) is 5.92 Å². The molecule has 104 valence electrons. The van der Waals surface area contributed by atoms with Crippen LogP contribution >= 0.6 is 15.9 Å². The number of rotatable bonds is 4. The zero-order valence-corrected chi connectivity index (χ0v) is 12.9. The number of hydrogen-bond donors (Lipinski definition) is 1. The van der Waals surface area contributed by atoms with Gasteiger partial charge < -0.3 is 5.32 Å². The maximum atomic E-state index is 12.0. The minimum Gasteiger partial charge on any atom is -0.352 e. The molecular formula is C16H22BrNO. The Bertz CT molecular complexity index is 411. The first kappa shape index (κ1) is 14.6. The summed E-state index contributed by atoms with van der Waals surface area (Å²) in [5, 5.41) is 3.04. The lowest BCUT2D eigenvalue weighted by Crippen LogP contribution is -2.25. The first-order valence-electron chi connectivity index (χ1n) is 7.26. The van der Waals surface area contributed by atoms with Crippen LogP contribution in [0.2, 0.25) is 0 Å². The highest BCUT2D eigenvalue weighted by atomic mass is 79.9. The largest absolute Gasteiger partial charge is 0.352 e. The second-order valence-corrected chi connectivity index (χ2v) is 6.28. The van der Waals surface area contributed by atoms with E-state index < -0.39 is 0 Å². The topological polar surface area (TPSA) is 29.1 Å². The fourth-order valence-electron chi connectivity index (χ4n) is 2.74. The SMILES string of the molecule is O=C(CC1CCCCCC1)NCc1ccccc1Br. The Morgan fingerprint density at radius 2 is 1.84 bits per heavy atom. The molecule has 0 unspecified atom stereocenters. The molecule has 0 atom stereocenters. The van der Waals surface area contributed by atoms with Crippen molar-refractivity contribution in [1.29, 1.82) is 0 Å². The van der Waals surface area contributed by atoms with Gasteiger partial charge in [0.15, 0.2) is 0 Å². The molecule has 3 heteroatoms. The predicted molar refractivity (Wildman–Crippen MR) is 81.8 cm³/mol. The molecule has 1 fully saturated rings. The van der Waals surface area contributed by atoms with E-state index in [1.165, 1.54) is 38.5 Å². The van der Waals surface area contributed by atoms with E-state index >= 15 is 0 Å². The molecule has 1 aliphatic carbocycles. The third kappa shape index (κ3) is 4.98. The van der Waals surface area contributed by atoms with E-state index in [0.29, 0.717) is 18.9 Å². The van der Waals surface area contributed by atoms with Crippen molar-refractivity contribution in [2.24, 2.45) is 5.92 Å². The van der Waals surface area contributed by atoms with Crippen molar-refractivity contribution in [2.75, 3.05) is 0 Å². The molecule has 0 aromatic heterocycles. The molecule has 1 amide bonds. The van der Waals surface area contributed by atoms with Crippen molar-refractivity contribution >= 4 is 21.8 Å². The Balaban J connectivity index is 1.76. The van der Waals surface area contributed by atoms with Crippen LogP contribution in [0.25, 0.3) is 0 Å². The molecule has 1 N–H and O–H groups in total. The van der Waals surface area contributed by atoms with E-state index in [1.807, 2.05) is 24.3 Å². The third-order valence-corrected chi connectivity index (χ3v) is 4.66. The number of hydrogen-bond acceptors (Lipinski definition) is 1. The zero-order chi connectivity index (χ0) is 13.5. The minimum atomic E-state index is 0.197. The molecule has 1 aliphatic rings. The molecule has 1 saturated carbocycles. The summed E-state index contributed by atoms with van der Waals surface area (Å²) >= 11 is 3.50. The first-order chi connectivity index (χ1) is 9.25. The van der Waals surface area contributed by atoms with Gasteiger partial charge in [0.1, 0.15) is 0 Å². The molecule has 0 aliphatic heterocycles. The quantitative estimate of drug-likeness (QED) is 0.816. The Morgan fingerprint density at radius 3 is 2.53 bits per heavy atom. The van der Waals surface area contributed by atoms with E-state index in [9.17, 15) is 4.79 Å². The minimum absolute atomic E-state index is 0.197. The zero-order valence-electron chi connectivity index (χ0n) is 11.3. The Morgan fingerprint density at radius 1 is 1.16 bits per heavy atom. The molecule has 1 aromatic carbocycles. The molecule has 2 rings (SSSR count). The van der Waals surface area contributed by atoms with Crippen molar-refractivity contribution in [1.82, 2.24) is 5.32 Å². The lowest BCUT2D eigenvalue weighted by molar-refractivity contribution is -0.122. The van der Waals surface area contributed by atoms with Crippen molar-refractivity contribution < 1.29 is 4.79 Å². The Kier molecular flexibility index (Phi) is 5.90. The molecule has 0 spiro atoms. The summed E-state index contributed by atoms with van der Waals surface area (Å²) in [5.41, 5.74) is 1.14. The van der Waals surface area contributed by atoms with E-state index in [-0.39, 0.29) is 5.91 Å². The van der Waals surface area contributed by atoms with Gasteiger partial charge in [0.2, 0.25) is 5.91 Å². The predicted octanol–water partition coefficient (Wildman–Crippen LogP) is 4.43. The van der Waals surface area contributed by atoms with Crippen LogP contribution in [0.1, 0.15) is 50.5 Å². The van der Waals surface area contributed by atoms with E-state index in [0.717, 1.165) is 10.0 Å². The van der Waals surface area contributed by atoms with Crippen LogP contribution in [0.5, 0.6) is 0 Å². The third-order valence-electron chi connectivity index (χ3n) is 3.88. The second-order valence-electron chi connectivity index (χ2n) is 5.43. The van der Waals surface area contributed by atoms with Crippen molar-refractivity contribution in [3.05, 3.63) is 34.3 Å². The molecule has 0 heterocycles. The number of amides is 1. The highest BCUT2D eigenvalue weighted by molar-refractivity contribution is 9.10. The number of carbonyl (C=O) groups excluding carboxylic acids is 1. The number of benzene rings is 1. The lowest BCUT2D eigenvalue weighted by Gasteiger charge is -2.14. The molecule has 0 bridgehead atoms. The summed E-state index contributed by atoms with van der Waals surface area (Å²) < 4.78 is 1.06. The Labute approximate surface area is 124 Å². The van der Waals surface area contributed by atoms with Crippen LogP contribution in [-0.4, -0.2) is 5.91 Å². The second kappa shape index (κ2) is 7.68. The molecule has 0 saturated heterocycles. The van der Waals surface area contributed by atoms with Crippen LogP contribution in [-0.2, 0) is 11.3 Å². The molecule has 19 heavy (non-hydrogen) atoms. The average molecular weight is 324 g/mol. The molecule has 2 nitrogen and oxygen atoms in total. The lowest BCUT2D eigenvalue weighted by atomic mass is 9.96. The fourth-order valence-corrected chi connectivity index (χ4v) is 3.16. The highest BCUT2D eigenvalue weighted by Crippen LogP contribution is 2.25. The fraction of sp³-hybridized carbons (Fsp3) is 0.562. The van der Waals surface area contributed by atoms with Gasteiger partial charge >= 0.3 is 0 Å².